The van der Waals surface area contributed by atoms with Crippen LogP contribution in [0.3, 0.4) is 0 Å². The minimum Gasteiger partial charge on any atom is -0.491 e. The number of hydrogen-bond acceptors (Lipinski definition) is 4. The maximum absolute atomic E-state index is 12.7. The Balaban J connectivity index is 1.58. The van der Waals surface area contributed by atoms with Crippen molar-refractivity contribution < 1.29 is 14.3 Å². The summed E-state index contributed by atoms with van der Waals surface area (Å²) in [6.45, 7) is 6.15. The highest BCUT2D eigenvalue weighted by Gasteiger charge is 2.29. The molecule has 28 heavy (non-hydrogen) atoms. The number of amides is 1. The summed E-state index contributed by atoms with van der Waals surface area (Å²) in [6.07, 6.45) is 10.3. The van der Waals surface area contributed by atoms with Crippen LogP contribution in [-0.2, 0) is 4.74 Å². The Labute approximate surface area is 169 Å². The van der Waals surface area contributed by atoms with Gasteiger partial charge in [0.2, 0.25) is 0 Å². The number of nitrogens with zero attached hydrogens (tertiary/aromatic N) is 1. The molecule has 1 amide bonds. The Kier molecular flexibility index (Phi) is 8.46. The van der Waals surface area contributed by atoms with Crippen molar-refractivity contribution in [3.05, 3.63) is 24.3 Å². The number of ether oxygens (including phenoxy) is 2. The highest BCUT2D eigenvalue weighted by Crippen LogP contribution is 2.29. The molecule has 0 bridgehead atoms. The van der Waals surface area contributed by atoms with E-state index in [4.69, 9.17) is 9.47 Å². The van der Waals surface area contributed by atoms with Crippen molar-refractivity contribution in [2.24, 2.45) is 5.92 Å². The number of para-hydroxylation sites is 2. The first-order valence-corrected chi connectivity index (χ1v) is 11.2. The van der Waals surface area contributed by atoms with Gasteiger partial charge in [0.15, 0.2) is 0 Å². The second-order valence-corrected chi connectivity index (χ2v) is 8.17. The number of carbonyl (C=O) groups excluding carboxylic acids is 1. The van der Waals surface area contributed by atoms with Crippen LogP contribution in [0.5, 0.6) is 5.75 Å². The van der Waals surface area contributed by atoms with Gasteiger partial charge in [-0.2, -0.15) is 0 Å². The van der Waals surface area contributed by atoms with Crippen LogP contribution in [0, 0.1) is 5.92 Å². The molecular formula is C23H36N2O3. The summed E-state index contributed by atoms with van der Waals surface area (Å²) in [5.74, 6) is 1.14. The molecule has 1 aromatic carbocycles. The fourth-order valence-electron chi connectivity index (χ4n) is 4.37. The van der Waals surface area contributed by atoms with Gasteiger partial charge in [-0.3, -0.25) is 5.32 Å². The minimum absolute atomic E-state index is 0.00755. The molecule has 5 nitrogen and oxygen atoms in total. The molecule has 5 heteroatoms. The Morgan fingerprint density at radius 2 is 1.82 bits per heavy atom. The van der Waals surface area contributed by atoms with Crippen LogP contribution < -0.4 is 10.1 Å². The molecule has 1 aliphatic heterocycles. The predicted molar refractivity (Wildman–Crippen MR) is 113 cm³/mol. The van der Waals surface area contributed by atoms with Crippen molar-refractivity contribution in [3.8, 4) is 5.75 Å². The van der Waals surface area contributed by atoms with Crippen molar-refractivity contribution in [1.29, 1.82) is 0 Å². The van der Waals surface area contributed by atoms with E-state index in [1.807, 2.05) is 24.3 Å². The molecule has 1 heterocycles. The summed E-state index contributed by atoms with van der Waals surface area (Å²) in [6, 6.07) is 7.57. The zero-order chi connectivity index (χ0) is 19.6. The monoisotopic (exact) mass is 388 g/mol. The fraction of sp³-hybridized carbons (Fsp3) is 0.696. The van der Waals surface area contributed by atoms with Gasteiger partial charge in [0.1, 0.15) is 11.9 Å². The number of benzene rings is 1. The van der Waals surface area contributed by atoms with Crippen molar-refractivity contribution in [2.75, 3.05) is 31.6 Å². The van der Waals surface area contributed by atoms with Crippen molar-refractivity contribution >= 4 is 11.8 Å². The van der Waals surface area contributed by atoms with Gasteiger partial charge in [-0.25, -0.2) is 4.79 Å². The van der Waals surface area contributed by atoms with Crippen LogP contribution in [-0.4, -0.2) is 43.3 Å². The second kappa shape index (κ2) is 11.3. The van der Waals surface area contributed by atoms with E-state index in [1.54, 1.807) is 0 Å². The summed E-state index contributed by atoms with van der Waals surface area (Å²) in [7, 11) is 0. The number of piperidine rings is 1. The number of nitrogens with one attached hydrogen (secondary N) is 1. The number of likely N-dealkylation sites (tertiary alicyclic amines) is 1. The smallest absolute Gasteiger partial charge is 0.412 e. The second-order valence-electron chi connectivity index (χ2n) is 8.17. The van der Waals surface area contributed by atoms with E-state index in [0.717, 1.165) is 32.2 Å². The van der Waals surface area contributed by atoms with E-state index in [1.165, 1.54) is 45.2 Å². The van der Waals surface area contributed by atoms with Gasteiger partial charge < -0.3 is 14.4 Å². The molecule has 2 atom stereocenters. The lowest BCUT2D eigenvalue weighted by molar-refractivity contribution is 0.0471. The highest BCUT2D eigenvalue weighted by atomic mass is 16.6. The third kappa shape index (κ3) is 6.40. The predicted octanol–water partition coefficient (Wildman–Crippen LogP) is 5.46. The molecule has 0 aromatic heterocycles. The van der Waals surface area contributed by atoms with Gasteiger partial charge in [0.05, 0.1) is 12.3 Å². The van der Waals surface area contributed by atoms with Crippen LogP contribution in [0.2, 0.25) is 0 Å². The third-order valence-corrected chi connectivity index (χ3v) is 5.87. The first-order valence-electron chi connectivity index (χ1n) is 11.2. The van der Waals surface area contributed by atoms with Gasteiger partial charge in [-0.15, -0.1) is 0 Å². The Hall–Kier alpha value is -1.75. The lowest BCUT2D eigenvalue weighted by Gasteiger charge is -2.33. The number of hydrogen-bond donors (Lipinski definition) is 1. The van der Waals surface area contributed by atoms with E-state index < -0.39 is 0 Å². The van der Waals surface area contributed by atoms with Gasteiger partial charge in [0, 0.05) is 12.5 Å². The molecular weight excluding hydrogens is 352 g/mol. The molecule has 3 rings (SSSR count). The first kappa shape index (κ1) is 21.0. The standard InChI is InChI=1S/C23H36N2O3/c1-2-17-27-22-14-8-7-12-20(22)24-23(26)28-21-13-6-3-5-11-19(21)18-25-15-9-4-10-16-25/h7-8,12,14,19,21H,2-6,9-11,13,15-18H2,1H3,(H,24,26)/t19-,21-/m0/s1. The maximum atomic E-state index is 12.7. The van der Waals surface area contributed by atoms with Gasteiger partial charge in [0.25, 0.3) is 0 Å². The lowest BCUT2D eigenvalue weighted by atomic mass is 9.95. The van der Waals surface area contributed by atoms with E-state index in [0.29, 0.717) is 24.0 Å². The lowest BCUT2D eigenvalue weighted by Crippen LogP contribution is -2.39. The molecule has 2 aliphatic rings. The zero-order valence-electron chi connectivity index (χ0n) is 17.3. The van der Waals surface area contributed by atoms with Crippen LogP contribution in [0.15, 0.2) is 24.3 Å². The van der Waals surface area contributed by atoms with Crippen LogP contribution in [0.25, 0.3) is 0 Å². The van der Waals surface area contributed by atoms with Crippen LogP contribution in [0.4, 0.5) is 10.5 Å². The largest absolute Gasteiger partial charge is 0.491 e. The van der Waals surface area contributed by atoms with Crippen molar-refractivity contribution in [1.82, 2.24) is 4.90 Å². The first-order chi connectivity index (χ1) is 13.8. The van der Waals surface area contributed by atoms with Gasteiger partial charge in [-0.05, 0) is 63.7 Å². The minimum atomic E-state index is -0.358. The molecule has 1 saturated carbocycles. The SMILES string of the molecule is CCCOc1ccccc1NC(=O)O[C@H]1CCCCC[C@H]1CN1CCCCC1. The molecule has 0 radical (unpaired) electrons. The topological polar surface area (TPSA) is 50.8 Å². The highest BCUT2D eigenvalue weighted by molar-refractivity contribution is 5.86. The van der Waals surface area contributed by atoms with E-state index in [-0.39, 0.29) is 12.2 Å². The van der Waals surface area contributed by atoms with Crippen molar-refractivity contribution in [2.45, 2.75) is 70.8 Å². The molecule has 1 aliphatic carbocycles. The summed E-state index contributed by atoms with van der Waals surface area (Å²) in [5, 5.41) is 2.91. The number of anilines is 1. The molecule has 156 valence electrons. The van der Waals surface area contributed by atoms with E-state index in [2.05, 4.69) is 17.1 Å². The van der Waals surface area contributed by atoms with Crippen LogP contribution >= 0.6 is 0 Å². The quantitative estimate of drug-likeness (QED) is 0.630. The Bertz CT molecular complexity index is 601. The van der Waals surface area contributed by atoms with Crippen molar-refractivity contribution in [3.63, 3.8) is 0 Å². The Morgan fingerprint density at radius 1 is 1.07 bits per heavy atom. The zero-order valence-corrected chi connectivity index (χ0v) is 17.3. The van der Waals surface area contributed by atoms with E-state index in [9.17, 15) is 4.79 Å². The molecule has 0 spiro atoms. The average molecular weight is 389 g/mol. The number of rotatable bonds is 7. The molecule has 1 saturated heterocycles. The molecule has 1 N–H and O–H groups in total. The Morgan fingerprint density at radius 3 is 2.64 bits per heavy atom. The summed E-state index contributed by atoms with van der Waals surface area (Å²) in [5.41, 5.74) is 0.683. The van der Waals surface area contributed by atoms with Gasteiger partial charge in [-0.1, -0.05) is 38.3 Å². The maximum Gasteiger partial charge on any atom is 0.412 e. The summed E-state index contributed by atoms with van der Waals surface area (Å²) < 4.78 is 11.7. The number of carbonyl (C=O) groups is 1. The fourth-order valence-corrected chi connectivity index (χ4v) is 4.37. The van der Waals surface area contributed by atoms with Crippen LogP contribution in [0.1, 0.15) is 64.7 Å². The van der Waals surface area contributed by atoms with E-state index >= 15 is 0 Å². The third-order valence-electron chi connectivity index (χ3n) is 5.87. The molecule has 2 fully saturated rings. The molecule has 0 unspecified atom stereocenters. The summed E-state index contributed by atoms with van der Waals surface area (Å²) >= 11 is 0. The molecule has 1 aromatic rings. The average Bonchev–Trinajstić information content (AvgIpc) is 2.93. The summed E-state index contributed by atoms with van der Waals surface area (Å²) in [4.78, 5) is 15.2. The normalized spacial score (nSPS) is 23.6. The van der Waals surface area contributed by atoms with Gasteiger partial charge >= 0.3 is 6.09 Å².